The largest absolute Gasteiger partial charge is 0.444 e. The number of likely N-dealkylation sites (tertiary alicyclic amines) is 1. The fourth-order valence-electron chi connectivity index (χ4n) is 1.85. The lowest BCUT2D eigenvalue weighted by molar-refractivity contribution is -0.0495. The first-order valence-electron chi connectivity index (χ1n) is 6.83. The van der Waals surface area contributed by atoms with Gasteiger partial charge in [0.2, 0.25) is 0 Å². The quantitative estimate of drug-likeness (QED) is 0.868. The van der Waals surface area contributed by atoms with Crippen molar-refractivity contribution < 1.29 is 14.4 Å². The van der Waals surface area contributed by atoms with Gasteiger partial charge in [-0.3, -0.25) is 4.84 Å². The summed E-state index contributed by atoms with van der Waals surface area (Å²) in [7, 11) is 0. The monoisotopic (exact) mass is 314 g/mol. The van der Waals surface area contributed by atoms with Gasteiger partial charge >= 0.3 is 6.09 Å². The number of carbonyl (C=O) groups is 1. The number of nitrogens with one attached hydrogen (secondary N) is 1. The molecule has 1 aromatic rings. The van der Waals surface area contributed by atoms with Gasteiger partial charge in [0.1, 0.15) is 5.60 Å². The number of rotatable bonds is 4. The van der Waals surface area contributed by atoms with E-state index in [1.807, 2.05) is 51.1 Å². The van der Waals surface area contributed by atoms with Crippen LogP contribution < -0.4 is 5.48 Å². The first-order chi connectivity index (χ1) is 9.44. The van der Waals surface area contributed by atoms with Crippen LogP contribution in [-0.2, 0) is 16.2 Å². The third-order valence-electron chi connectivity index (χ3n) is 2.86. The van der Waals surface area contributed by atoms with Gasteiger partial charge in [-0.05, 0) is 26.3 Å². The van der Waals surface area contributed by atoms with E-state index in [-0.39, 0.29) is 24.5 Å². The van der Waals surface area contributed by atoms with Crippen molar-refractivity contribution in [3.05, 3.63) is 35.9 Å². The fraction of sp³-hybridized carbons (Fsp3) is 0.533. The molecule has 0 aliphatic carbocycles. The predicted octanol–water partition coefficient (Wildman–Crippen LogP) is 2.75. The molecule has 0 bridgehead atoms. The molecule has 1 amide bonds. The van der Waals surface area contributed by atoms with Crippen molar-refractivity contribution in [2.24, 2.45) is 0 Å². The molecule has 21 heavy (non-hydrogen) atoms. The van der Waals surface area contributed by atoms with Crippen LogP contribution in [0.5, 0.6) is 0 Å². The maximum atomic E-state index is 11.7. The van der Waals surface area contributed by atoms with Gasteiger partial charge in [-0.15, -0.1) is 12.4 Å². The molecule has 0 aromatic heterocycles. The minimum atomic E-state index is -0.445. The summed E-state index contributed by atoms with van der Waals surface area (Å²) >= 11 is 0. The van der Waals surface area contributed by atoms with E-state index in [4.69, 9.17) is 9.57 Å². The average Bonchev–Trinajstić information content (AvgIpc) is 2.31. The third kappa shape index (κ3) is 5.91. The van der Waals surface area contributed by atoms with Crippen molar-refractivity contribution in [3.63, 3.8) is 0 Å². The smallest absolute Gasteiger partial charge is 0.410 e. The van der Waals surface area contributed by atoms with E-state index >= 15 is 0 Å². The topological polar surface area (TPSA) is 50.8 Å². The van der Waals surface area contributed by atoms with E-state index < -0.39 is 5.60 Å². The van der Waals surface area contributed by atoms with Gasteiger partial charge in [0.15, 0.2) is 0 Å². The molecule has 0 radical (unpaired) electrons. The van der Waals surface area contributed by atoms with Crippen LogP contribution in [0.2, 0.25) is 0 Å². The molecule has 2 rings (SSSR count). The Hall–Kier alpha value is -1.30. The lowest BCUT2D eigenvalue weighted by Crippen LogP contribution is -2.60. The number of ether oxygens (including phenoxy) is 1. The van der Waals surface area contributed by atoms with Gasteiger partial charge < -0.3 is 9.64 Å². The van der Waals surface area contributed by atoms with Gasteiger partial charge in [-0.2, -0.15) is 5.48 Å². The first kappa shape index (κ1) is 17.8. The van der Waals surface area contributed by atoms with Crippen LogP contribution in [0, 0.1) is 0 Å². The number of halogens is 1. The number of hydrogen-bond donors (Lipinski definition) is 1. The van der Waals surface area contributed by atoms with Gasteiger partial charge in [0.25, 0.3) is 0 Å². The second-order valence-corrected chi connectivity index (χ2v) is 5.97. The Kier molecular flexibility index (Phi) is 6.45. The normalized spacial score (nSPS) is 15.1. The molecular weight excluding hydrogens is 292 g/mol. The number of hydroxylamine groups is 1. The van der Waals surface area contributed by atoms with E-state index in [0.29, 0.717) is 19.7 Å². The van der Waals surface area contributed by atoms with E-state index in [0.717, 1.165) is 5.56 Å². The molecule has 5 nitrogen and oxygen atoms in total. The second-order valence-electron chi connectivity index (χ2n) is 5.97. The Bertz CT molecular complexity index is 442. The molecule has 1 aliphatic heterocycles. The molecular formula is C15H23ClN2O3. The van der Waals surface area contributed by atoms with E-state index in [2.05, 4.69) is 5.48 Å². The number of benzene rings is 1. The van der Waals surface area contributed by atoms with Crippen LogP contribution >= 0.6 is 12.4 Å². The summed E-state index contributed by atoms with van der Waals surface area (Å²) < 4.78 is 5.28. The van der Waals surface area contributed by atoms with Gasteiger partial charge in [0.05, 0.1) is 12.6 Å². The van der Waals surface area contributed by atoms with Crippen molar-refractivity contribution in [2.45, 2.75) is 39.0 Å². The zero-order valence-electron chi connectivity index (χ0n) is 12.7. The minimum absolute atomic E-state index is 0. The predicted molar refractivity (Wildman–Crippen MR) is 83.2 cm³/mol. The molecule has 6 heteroatoms. The van der Waals surface area contributed by atoms with Crippen LogP contribution in [0.3, 0.4) is 0 Å². The zero-order valence-corrected chi connectivity index (χ0v) is 13.5. The highest BCUT2D eigenvalue weighted by Gasteiger charge is 2.33. The van der Waals surface area contributed by atoms with E-state index in [9.17, 15) is 4.79 Å². The summed E-state index contributed by atoms with van der Waals surface area (Å²) in [6.45, 7) is 7.34. The second kappa shape index (κ2) is 7.64. The zero-order chi connectivity index (χ0) is 14.6. The Morgan fingerprint density at radius 2 is 1.90 bits per heavy atom. The van der Waals surface area contributed by atoms with Crippen LogP contribution in [-0.4, -0.2) is 35.7 Å². The summed E-state index contributed by atoms with van der Waals surface area (Å²) in [4.78, 5) is 18.8. The van der Waals surface area contributed by atoms with Gasteiger partial charge in [0, 0.05) is 13.1 Å². The number of carbonyl (C=O) groups excluding carboxylic acids is 1. The standard InChI is InChI=1S/C15H22N2O3.ClH/c1-15(2,3)20-14(18)17-9-13(10-17)16-19-11-12-7-5-4-6-8-12;/h4-8,13,16H,9-11H2,1-3H3;1H. The molecule has 0 atom stereocenters. The highest BCUT2D eigenvalue weighted by Crippen LogP contribution is 2.15. The molecule has 1 fully saturated rings. The molecule has 0 saturated carbocycles. The van der Waals surface area contributed by atoms with Crippen molar-refractivity contribution in [1.82, 2.24) is 10.4 Å². The summed E-state index contributed by atoms with van der Waals surface area (Å²) in [5.41, 5.74) is 3.63. The molecule has 1 N–H and O–H groups in total. The first-order valence-corrected chi connectivity index (χ1v) is 6.83. The van der Waals surface area contributed by atoms with Gasteiger partial charge in [-0.1, -0.05) is 30.3 Å². The molecule has 118 valence electrons. The molecule has 1 heterocycles. The third-order valence-corrected chi connectivity index (χ3v) is 2.86. The summed E-state index contributed by atoms with van der Waals surface area (Å²) in [6.07, 6.45) is -0.265. The van der Waals surface area contributed by atoms with Crippen molar-refractivity contribution in [1.29, 1.82) is 0 Å². The fourth-order valence-corrected chi connectivity index (χ4v) is 1.85. The molecule has 1 saturated heterocycles. The van der Waals surface area contributed by atoms with E-state index in [1.54, 1.807) is 4.90 Å². The Morgan fingerprint density at radius 3 is 2.48 bits per heavy atom. The van der Waals surface area contributed by atoms with Gasteiger partial charge in [-0.25, -0.2) is 4.79 Å². The maximum Gasteiger partial charge on any atom is 0.410 e. The number of hydrogen-bond acceptors (Lipinski definition) is 4. The summed E-state index contributed by atoms with van der Waals surface area (Å²) in [5.74, 6) is 0. The highest BCUT2D eigenvalue weighted by molar-refractivity contribution is 5.85. The van der Waals surface area contributed by atoms with Crippen molar-refractivity contribution in [2.75, 3.05) is 13.1 Å². The Balaban J connectivity index is 0.00000220. The van der Waals surface area contributed by atoms with Crippen molar-refractivity contribution in [3.8, 4) is 0 Å². The lowest BCUT2D eigenvalue weighted by Gasteiger charge is -2.39. The minimum Gasteiger partial charge on any atom is -0.444 e. The highest BCUT2D eigenvalue weighted by atomic mass is 35.5. The summed E-state index contributed by atoms with van der Waals surface area (Å²) in [6, 6.07) is 10.1. The van der Waals surface area contributed by atoms with Crippen LogP contribution in [0.15, 0.2) is 30.3 Å². The van der Waals surface area contributed by atoms with Crippen LogP contribution in [0.1, 0.15) is 26.3 Å². The number of amides is 1. The lowest BCUT2D eigenvalue weighted by atomic mass is 10.1. The van der Waals surface area contributed by atoms with Crippen molar-refractivity contribution >= 4 is 18.5 Å². The molecule has 1 aliphatic rings. The Morgan fingerprint density at radius 1 is 1.29 bits per heavy atom. The molecule has 0 unspecified atom stereocenters. The Labute approximate surface area is 132 Å². The molecule has 1 aromatic carbocycles. The van der Waals surface area contributed by atoms with E-state index in [1.165, 1.54) is 0 Å². The van der Waals surface area contributed by atoms with Crippen LogP contribution in [0.25, 0.3) is 0 Å². The summed E-state index contributed by atoms with van der Waals surface area (Å²) in [5, 5.41) is 0. The SMILES string of the molecule is CC(C)(C)OC(=O)N1CC(NOCc2ccccc2)C1.Cl. The van der Waals surface area contributed by atoms with Crippen LogP contribution in [0.4, 0.5) is 4.79 Å². The maximum absolute atomic E-state index is 11.7. The molecule has 0 spiro atoms. The number of nitrogens with zero attached hydrogens (tertiary/aromatic N) is 1. The average molecular weight is 315 g/mol.